The summed E-state index contributed by atoms with van der Waals surface area (Å²) in [5, 5.41) is 6.51. The van der Waals surface area contributed by atoms with Gasteiger partial charge in [0.1, 0.15) is 0 Å². The normalized spacial score (nSPS) is 12.6. The summed E-state index contributed by atoms with van der Waals surface area (Å²) in [5.74, 6) is 0.934. The number of halogens is 1. The van der Waals surface area contributed by atoms with Crippen molar-refractivity contribution in [3.8, 4) is 5.75 Å². The van der Waals surface area contributed by atoms with Crippen molar-refractivity contribution < 1.29 is 9.13 Å². The molecular weight excluding hydrogens is 317 g/mol. The molecule has 0 bridgehead atoms. The number of nitrogens with one attached hydrogen (secondary N) is 2. The topological polar surface area (TPSA) is 45.7 Å². The molecular formula is C20H26FN3O. The maximum absolute atomic E-state index is 13.7. The number of guanidine groups is 1. The van der Waals surface area contributed by atoms with Crippen LogP contribution in [0.25, 0.3) is 0 Å². The minimum atomic E-state index is -0.363. The predicted molar refractivity (Wildman–Crippen MR) is 101 cm³/mol. The molecule has 0 amide bonds. The number of rotatable bonds is 6. The van der Waals surface area contributed by atoms with Crippen LogP contribution >= 0.6 is 0 Å². The Balaban J connectivity index is 1.86. The molecule has 134 valence electrons. The lowest BCUT2D eigenvalue weighted by Gasteiger charge is -2.17. The van der Waals surface area contributed by atoms with Gasteiger partial charge in [0.2, 0.25) is 0 Å². The average Bonchev–Trinajstić information content (AvgIpc) is 2.62. The highest BCUT2D eigenvalue weighted by molar-refractivity contribution is 5.79. The molecule has 1 atom stereocenters. The summed E-state index contributed by atoms with van der Waals surface area (Å²) in [6, 6.07) is 13.5. The number of aliphatic imine (C=N–C) groups is 1. The number of methoxy groups -OCH3 is 1. The fourth-order valence-corrected chi connectivity index (χ4v) is 2.49. The Morgan fingerprint density at radius 2 is 1.88 bits per heavy atom. The molecule has 0 aliphatic heterocycles. The van der Waals surface area contributed by atoms with E-state index in [4.69, 9.17) is 4.74 Å². The third-order valence-corrected chi connectivity index (χ3v) is 4.12. The van der Waals surface area contributed by atoms with E-state index < -0.39 is 0 Å². The van der Waals surface area contributed by atoms with Crippen LogP contribution in [0.4, 0.5) is 4.39 Å². The molecule has 25 heavy (non-hydrogen) atoms. The van der Waals surface area contributed by atoms with Crippen molar-refractivity contribution in [3.05, 3.63) is 65.0 Å². The lowest BCUT2D eigenvalue weighted by atomic mass is 10.0. The molecule has 0 spiro atoms. The highest BCUT2D eigenvalue weighted by Crippen LogP contribution is 2.17. The summed E-state index contributed by atoms with van der Waals surface area (Å²) in [6.45, 7) is 5.50. The van der Waals surface area contributed by atoms with Gasteiger partial charge in [-0.15, -0.1) is 0 Å². The van der Waals surface area contributed by atoms with Gasteiger partial charge in [-0.05, 0) is 36.1 Å². The summed E-state index contributed by atoms with van der Waals surface area (Å²) in [5.41, 5.74) is 3.37. The van der Waals surface area contributed by atoms with Crippen molar-refractivity contribution in [2.24, 2.45) is 4.99 Å². The van der Waals surface area contributed by atoms with Crippen LogP contribution in [0.3, 0.4) is 0 Å². The number of aryl methyl sites for hydroxylation is 1. The summed E-state index contributed by atoms with van der Waals surface area (Å²) < 4.78 is 18.7. The van der Waals surface area contributed by atoms with Crippen LogP contribution in [0.2, 0.25) is 0 Å². The van der Waals surface area contributed by atoms with Gasteiger partial charge in [-0.1, -0.05) is 42.8 Å². The van der Waals surface area contributed by atoms with Crippen LogP contribution in [0, 0.1) is 12.7 Å². The lowest BCUT2D eigenvalue weighted by molar-refractivity contribution is 0.386. The van der Waals surface area contributed by atoms with Gasteiger partial charge >= 0.3 is 0 Å². The molecule has 0 saturated heterocycles. The Kier molecular flexibility index (Phi) is 6.81. The van der Waals surface area contributed by atoms with E-state index in [0.717, 1.165) is 12.1 Å². The van der Waals surface area contributed by atoms with Crippen LogP contribution in [-0.2, 0) is 6.54 Å². The zero-order valence-corrected chi connectivity index (χ0v) is 15.3. The van der Waals surface area contributed by atoms with Gasteiger partial charge in [-0.25, -0.2) is 4.39 Å². The molecule has 2 aromatic carbocycles. The largest absolute Gasteiger partial charge is 0.494 e. The second-order valence-electron chi connectivity index (χ2n) is 6.09. The molecule has 0 aliphatic rings. The van der Waals surface area contributed by atoms with Gasteiger partial charge in [0.25, 0.3) is 0 Å². The second-order valence-corrected chi connectivity index (χ2v) is 6.09. The van der Waals surface area contributed by atoms with E-state index in [2.05, 4.69) is 53.7 Å². The van der Waals surface area contributed by atoms with Crippen molar-refractivity contribution in [2.45, 2.75) is 26.3 Å². The highest BCUT2D eigenvalue weighted by Gasteiger charge is 2.07. The Morgan fingerprint density at radius 3 is 2.48 bits per heavy atom. The van der Waals surface area contributed by atoms with Crippen LogP contribution < -0.4 is 15.4 Å². The van der Waals surface area contributed by atoms with Crippen molar-refractivity contribution >= 4 is 5.96 Å². The molecule has 2 aromatic rings. The van der Waals surface area contributed by atoms with Crippen LogP contribution in [0.1, 0.15) is 29.5 Å². The predicted octanol–water partition coefficient (Wildman–Crippen LogP) is 3.61. The number of nitrogens with zero attached hydrogens (tertiary/aromatic N) is 1. The standard InChI is InChI=1S/C20H26FN3O/c1-14-5-8-17(9-6-14)15(2)12-23-20(22-3)24-13-16-7-10-19(25-4)18(21)11-16/h5-11,15H,12-13H2,1-4H3,(H2,22,23,24). The molecule has 2 N–H and O–H groups in total. The minimum absolute atomic E-state index is 0.248. The molecule has 0 fully saturated rings. The van der Waals surface area contributed by atoms with Crippen molar-refractivity contribution in [1.82, 2.24) is 10.6 Å². The fourth-order valence-electron chi connectivity index (χ4n) is 2.49. The van der Waals surface area contributed by atoms with Gasteiger partial charge < -0.3 is 15.4 Å². The SMILES string of the molecule is CN=C(NCc1ccc(OC)c(F)c1)NCC(C)c1ccc(C)cc1. The zero-order valence-electron chi connectivity index (χ0n) is 15.3. The number of ether oxygens (including phenoxy) is 1. The van der Waals surface area contributed by atoms with Gasteiger partial charge in [0, 0.05) is 20.1 Å². The average molecular weight is 343 g/mol. The van der Waals surface area contributed by atoms with Gasteiger partial charge in [-0.2, -0.15) is 0 Å². The molecule has 0 aromatic heterocycles. The maximum Gasteiger partial charge on any atom is 0.191 e. The second kappa shape index (κ2) is 9.06. The van der Waals surface area contributed by atoms with Gasteiger partial charge in [-0.3, -0.25) is 4.99 Å². The van der Waals surface area contributed by atoms with E-state index in [0.29, 0.717) is 18.4 Å². The fraction of sp³-hybridized carbons (Fsp3) is 0.350. The maximum atomic E-state index is 13.7. The Bertz CT molecular complexity index is 713. The minimum Gasteiger partial charge on any atom is -0.494 e. The highest BCUT2D eigenvalue weighted by atomic mass is 19.1. The summed E-state index contributed by atoms with van der Waals surface area (Å²) in [6.07, 6.45) is 0. The number of hydrogen-bond donors (Lipinski definition) is 2. The van der Waals surface area contributed by atoms with Crippen LogP contribution in [0.15, 0.2) is 47.5 Å². The molecule has 0 heterocycles. The molecule has 4 nitrogen and oxygen atoms in total. The summed E-state index contributed by atoms with van der Waals surface area (Å²) in [7, 11) is 3.18. The smallest absolute Gasteiger partial charge is 0.191 e. The third-order valence-electron chi connectivity index (χ3n) is 4.12. The van der Waals surface area contributed by atoms with Gasteiger partial charge in [0.05, 0.1) is 7.11 Å². The number of benzene rings is 2. The summed E-state index contributed by atoms with van der Waals surface area (Å²) in [4.78, 5) is 4.21. The first kappa shape index (κ1) is 18.8. The molecule has 0 aliphatic carbocycles. The third kappa shape index (κ3) is 5.48. The van der Waals surface area contributed by atoms with E-state index in [1.165, 1.54) is 24.3 Å². The monoisotopic (exact) mass is 343 g/mol. The van der Waals surface area contributed by atoms with Crippen molar-refractivity contribution in [2.75, 3.05) is 20.7 Å². The first-order valence-corrected chi connectivity index (χ1v) is 8.37. The van der Waals surface area contributed by atoms with E-state index in [1.54, 1.807) is 13.1 Å². The molecule has 0 saturated carbocycles. The quantitative estimate of drug-likeness (QED) is 0.622. The first-order chi connectivity index (χ1) is 12.0. The van der Waals surface area contributed by atoms with Crippen LogP contribution in [0.5, 0.6) is 5.75 Å². The van der Waals surface area contributed by atoms with Gasteiger partial charge in [0.15, 0.2) is 17.5 Å². The van der Waals surface area contributed by atoms with E-state index in [9.17, 15) is 4.39 Å². The Labute approximate surface area is 149 Å². The Morgan fingerprint density at radius 1 is 1.16 bits per heavy atom. The van der Waals surface area contributed by atoms with Crippen molar-refractivity contribution in [1.29, 1.82) is 0 Å². The van der Waals surface area contributed by atoms with E-state index in [1.807, 2.05) is 6.07 Å². The molecule has 1 unspecified atom stereocenters. The molecule has 2 rings (SSSR count). The van der Waals surface area contributed by atoms with E-state index >= 15 is 0 Å². The van der Waals surface area contributed by atoms with Crippen molar-refractivity contribution in [3.63, 3.8) is 0 Å². The molecule has 5 heteroatoms. The molecule has 0 radical (unpaired) electrons. The Hall–Kier alpha value is -2.56. The van der Waals surface area contributed by atoms with Crippen LogP contribution in [-0.4, -0.2) is 26.7 Å². The lowest BCUT2D eigenvalue weighted by Crippen LogP contribution is -2.38. The zero-order chi connectivity index (χ0) is 18.2. The number of hydrogen-bond acceptors (Lipinski definition) is 2. The summed E-state index contributed by atoms with van der Waals surface area (Å²) >= 11 is 0. The first-order valence-electron chi connectivity index (χ1n) is 8.37. The van der Waals surface area contributed by atoms with E-state index in [-0.39, 0.29) is 11.6 Å².